The lowest BCUT2D eigenvalue weighted by Gasteiger charge is -2.23. The highest BCUT2D eigenvalue weighted by molar-refractivity contribution is 5.76. The molecule has 0 bridgehead atoms. The first-order valence-corrected chi connectivity index (χ1v) is 7.46. The van der Waals surface area contributed by atoms with Crippen LogP contribution in [0.3, 0.4) is 0 Å². The molecule has 2 aliphatic heterocycles. The second-order valence-corrected chi connectivity index (χ2v) is 5.91. The Hall–Kier alpha value is -0.610. The number of carbonyl (C=O) groups is 1. The lowest BCUT2D eigenvalue weighted by atomic mass is 10.1. The summed E-state index contributed by atoms with van der Waals surface area (Å²) >= 11 is 0. The summed E-state index contributed by atoms with van der Waals surface area (Å²) in [4.78, 5) is 14.0. The van der Waals surface area contributed by atoms with E-state index in [2.05, 4.69) is 22.5 Å². The van der Waals surface area contributed by atoms with Crippen molar-refractivity contribution in [2.24, 2.45) is 5.92 Å². The number of amides is 1. The van der Waals surface area contributed by atoms with E-state index >= 15 is 0 Å². The Morgan fingerprint density at radius 3 is 2.94 bits per heavy atom. The third-order valence-corrected chi connectivity index (χ3v) is 4.01. The highest BCUT2D eigenvalue weighted by Crippen LogP contribution is 2.11. The molecular weight excluding hydrogens is 226 g/mol. The van der Waals surface area contributed by atoms with Gasteiger partial charge in [-0.15, -0.1) is 0 Å². The molecule has 2 N–H and O–H groups in total. The van der Waals surface area contributed by atoms with Crippen molar-refractivity contribution in [1.82, 2.24) is 15.5 Å². The predicted molar refractivity (Wildman–Crippen MR) is 73.5 cm³/mol. The van der Waals surface area contributed by atoms with Gasteiger partial charge in [0.2, 0.25) is 5.91 Å². The summed E-state index contributed by atoms with van der Waals surface area (Å²) in [6, 6.07) is 0.383. The van der Waals surface area contributed by atoms with Crippen LogP contribution in [0.5, 0.6) is 0 Å². The SMILES string of the molecule is CC(CNC1CCCNC(=O)C1)CN1CCCC1. The van der Waals surface area contributed by atoms with Crippen molar-refractivity contribution in [2.45, 2.75) is 45.1 Å². The first-order valence-electron chi connectivity index (χ1n) is 7.46. The third-order valence-electron chi connectivity index (χ3n) is 4.01. The Kier molecular flexibility index (Phi) is 5.45. The van der Waals surface area contributed by atoms with Crippen LogP contribution in [-0.4, -0.2) is 49.6 Å². The Labute approximate surface area is 110 Å². The second-order valence-electron chi connectivity index (χ2n) is 5.91. The molecule has 0 aliphatic carbocycles. The van der Waals surface area contributed by atoms with Crippen molar-refractivity contribution in [3.05, 3.63) is 0 Å². The minimum absolute atomic E-state index is 0.206. The Bertz CT molecular complexity index is 264. The summed E-state index contributed by atoms with van der Waals surface area (Å²) in [6.45, 7) is 7.94. The average molecular weight is 253 g/mol. The van der Waals surface area contributed by atoms with E-state index in [4.69, 9.17) is 0 Å². The van der Waals surface area contributed by atoms with Gasteiger partial charge in [-0.1, -0.05) is 6.92 Å². The molecule has 2 aliphatic rings. The van der Waals surface area contributed by atoms with Crippen LogP contribution in [0.1, 0.15) is 39.0 Å². The van der Waals surface area contributed by atoms with Gasteiger partial charge in [0.25, 0.3) is 0 Å². The normalized spacial score (nSPS) is 27.8. The number of nitrogens with zero attached hydrogens (tertiary/aromatic N) is 1. The summed E-state index contributed by atoms with van der Waals surface area (Å²) < 4.78 is 0. The highest BCUT2D eigenvalue weighted by Gasteiger charge is 2.19. The summed E-state index contributed by atoms with van der Waals surface area (Å²) in [7, 11) is 0. The maximum Gasteiger partial charge on any atom is 0.221 e. The van der Waals surface area contributed by atoms with Crippen LogP contribution in [0.25, 0.3) is 0 Å². The van der Waals surface area contributed by atoms with Gasteiger partial charge < -0.3 is 15.5 Å². The van der Waals surface area contributed by atoms with Gasteiger partial charge in [0.1, 0.15) is 0 Å². The third kappa shape index (κ3) is 4.58. The largest absolute Gasteiger partial charge is 0.356 e. The molecule has 0 aromatic carbocycles. The van der Waals surface area contributed by atoms with Gasteiger partial charge in [0.15, 0.2) is 0 Å². The van der Waals surface area contributed by atoms with Crippen LogP contribution < -0.4 is 10.6 Å². The van der Waals surface area contributed by atoms with Gasteiger partial charge in [-0.05, 0) is 51.2 Å². The van der Waals surface area contributed by atoms with E-state index in [0.29, 0.717) is 18.4 Å². The van der Waals surface area contributed by atoms with E-state index in [9.17, 15) is 4.79 Å². The van der Waals surface area contributed by atoms with Crippen molar-refractivity contribution in [2.75, 3.05) is 32.7 Å². The Morgan fingerprint density at radius 1 is 1.39 bits per heavy atom. The molecule has 0 spiro atoms. The molecule has 2 fully saturated rings. The van der Waals surface area contributed by atoms with E-state index in [1.807, 2.05) is 0 Å². The number of rotatable bonds is 5. The van der Waals surface area contributed by atoms with E-state index in [-0.39, 0.29) is 5.91 Å². The van der Waals surface area contributed by atoms with E-state index in [1.54, 1.807) is 0 Å². The lowest BCUT2D eigenvalue weighted by molar-refractivity contribution is -0.121. The fourth-order valence-corrected chi connectivity index (χ4v) is 2.99. The maximum atomic E-state index is 11.5. The van der Waals surface area contributed by atoms with Gasteiger partial charge in [-0.2, -0.15) is 0 Å². The van der Waals surface area contributed by atoms with Crippen molar-refractivity contribution < 1.29 is 4.79 Å². The zero-order valence-electron chi connectivity index (χ0n) is 11.6. The quantitative estimate of drug-likeness (QED) is 0.767. The van der Waals surface area contributed by atoms with Crippen LogP contribution >= 0.6 is 0 Å². The van der Waals surface area contributed by atoms with Crippen LogP contribution in [0.15, 0.2) is 0 Å². The number of hydrogen-bond donors (Lipinski definition) is 2. The van der Waals surface area contributed by atoms with Crippen LogP contribution in [0, 0.1) is 5.92 Å². The predicted octanol–water partition coefficient (Wildman–Crippen LogP) is 0.977. The summed E-state index contributed by atoms with van der Waals surface area (Å²) in [5.41, 5.74) is 0. The topological polar surface area (TPSA) is 44.4 Å². The summed E-state index contributed by atoms with van der Waals surface area (Å²) in [5.74, 6) is 0.881. The van der Waals surface area contributed by atoms with Gasteiger partial charge in [-0.25, -0.2) is 0 Å². The summed E-state index contributed by atoms with van der Waals surface area (Å²) in [6.07, 6.45) is 5.60. The fourth-order valence-electron chi connectivity index (χ4n) is 2.99. The molecule has 0 aromatic rings. The molecule has 1 amide bonds. The van der Waals surface area contributed by atoms with Gasteiger partial charge in [0.05, 0.1) is 0 Å². The standard InChI is InChI=1S/C14H27N3O/c1-12(11-17-7-2-3-8-17)10-16-13-5-4-6-15-14(18)9-13/h12-13,16H,2-11H2,1H3,(H,15,18). The summed E-state index contributed by atoms with van der Waals surface area (Å²) in [5, 5.41) is 6.51. The Morgan fingerprint density at radius 2 is 2.17 bits per heavy atom. The van der Waals surface area contributed by atoms with Gasteiger partial charge >= 0.3 is 0 Å². The fraction of sp³-hybridized carbons (Fsp3) is 0.929. The molecular formula is C14H27N3O. The monoisotopic (exact) mass is 253 g/mol. The van der Waals surface area contributed by atoms with Gasteiger partial charge in [0, 0.05) is 25.6 Å². The lowest BCUT2D eigenvalue weighted by Crippen LogP contribution is -2.38. The molecule has 2 saturated heterocycles. The molecule has 2 heterocycles. The zero-order chi connectivity index (χ0) is 12.8. The Balaban J connectivity index is 1.64. The zero-order valence-corrected chi connectivity index (χ0v) is 11.6. The molecule has 0 radical (unpaired) electrons. The van der Waals surface area contributed by atoms with Crippen molar-refractivity contribution in [3.63, 3.8) is 0 Å². The van der Waals surface area contributed by atoms with E-state index in [0.717, 1.165) is 25.9 Å². The van der Waals surface area contributed by atoms with Crippen molar-refractivity contribution >= 4 is 5.91 Å². The molecule has 4 heteroatoms. The number of nitrogens with one attached hydrogen (secondary N) is 2. The van der Waals surface area contributed by atoms with Crippen LogP contribution in [0.2, 0.25) is 0 Å². The van der Waals surface area contributed by atoms with Crippen molar-refractivity contribution in [1.29, 1.82) is 0 Å². The number of carbonyl (C=O) groups excluding carboxylic acids is 1. The molecule has 2 rings (SSSR count). The molecule has 18 heavy (non-hydrogen) atoms. The minimum atomic E-state index is 0.206. The number of hydrogen-bond acceptors (Lipinski definition) is 3. The maximum absolute atomic E-state index is 11.5. The molecule has 104 valence electrons. The molecule has 4 nitrogen and oxygen atoms in total. The number of likely N-dealkylation sites (tertiary alicyclic amines) is 1. The second kappa shape index (κ2) is 7.10. The molecule has 2 atom stereocenters. The van der Waals surface area contributed by atoms with E-state index in [1.165, 1.54) is 32.5 Å². The highest BCUT2D eigenvalue weighted by atomic mass is 16.1. The van der Waals surface area contributed by atoms with E-state index < -0.39 is 0 Å². The van der Waals surface area contributed by atoms with Gasteiger partial charge in [-0.3, -0.25) is 4.79 Å². The minimum Gasteiger partial charge on any atom is -0.356 e. The average Bonchev–Trinajstić information content (AvgIpc) is 2.75. The smallest absolute Gasteiger partial charge is 0.221 e. The van der Waals surface area contributed by atoms with Crippen molar-refractivity contribution in [3.8, 4) is 0 Å². The molecule has 0 saturated carbocycles. The first-order chi connectivity index (χ1) is 8.74. The molecule has 2 unspecified atom stereocenters. The first kappa shape index (κ1) is 13.8. The molecule has 0 aromatic heterocycles. The van der Waals surface area contributed by atoms with Crippen LogP contribution in [0.4, 0.5) is 0 Å². The van der Waals surface area contributed by atoms with Crippen LogP contribution in [-0.2, 0) is 4.79 Å².